The summed E-state index contributed by atoms with van der Waals surface area (Å²) in [6.07, 6.45) is -4.86. The van der Waals surface area contributed by atoms with Crippen molar-refractivity contribution in [2.75, 3.05) is 31.2 Å². The van der Waals surface area contributed by atoms with Gasteiger partial charge in [-0.15, -0.1) is 0 Å². The van der Waals surface area contributed by atoms with Gasteiger partial charge in [-0.1, -0.05) is 15.9 Å². The molecule has 7 heteroatoms. The lowest BCUT2D eigenvalue weighted by Crippen LogP contribution is -2.44. The van der Waals surface area contributed by atoms with Gasteiger partial charge in [-0.2, -0.15) is 13.2 Å². The maximum absolute atomic E-state index is 13.0. The van der Waals surface area contributed by atoms with E-state index in [2.05, 4.69) is 15.9 Å². The molecule has 1 fully saturated rings. The highest BCUT2D eigenvalue weighted by atomic mass is 79.9. The van der Waals surface area contributed by atoms with Crippen molar-refractivity contribution in [2.45, 2.75) is 12.3 Å². The van der Waals surface area contributed by atoms with E-state index in [1.54, 1.807) is 11.0 Å². The van der Waals surface area contributed by atoms with Crippen LogP contribution in [0.5, 0.6) is 0 Å². The number of nitrogens with zero attached hydrogens (tertiary/aromatic N) is 1. The molecule has 0 bridgehead atoms. The second-order valence-electron chi connectivity index (χ2n) is 4.28. The number of benzene rings is 1. The largest absolute Gasteiger partial charge is 0.418 e. The normalized spacial score (nSPS) is 20.7. The number of aliphatic hydroxyl groups excluding tert-OH is 1. The Hall–Kier alpha value is -0.790. The summed E-state index contributed by atoms with van der Waals surface area (Å²) in [5.74, 6) is 0. The van der Waals surface area contributed by atoms with Crippen molar-refractivity contribution in [3.8, 4) is 0 Å². The van der Waals surface area contributed by atoms with Gasteiger partial charge < -0.3 is 14.7 Å². The van der Waals surface area contributed by atoms with Gasteiger partial charge in [0.2, 0.25) is 0 Å². The number of alkyl halides is 3. The van der Waals surface area contributed by atoms with Crippen LogP contribution in [0, 0.1) is 0 Å². The average Bonchev–Trinajstić information content (AvgIpc) is 2.37. The Morgan fingerprint density at radius 3 is 2.79 bits per heavy atom. The van der Waals surface area contributed by atoms with E-state index < -0.39 is 17.8 Å². The summed E-state index contributed by atoms with van der Waals surface area (Å²) in [6, 6.07) is 4.08. The summed E-state index contributed by atoms with van der Waals surface area (Å²) < 4.78 is 44.7. The van der Waals surface area contributed by atoms with Gasteiger partial charge in [0.05, 0.1) is 24.9 Å². The summed E-state index contributed by atoms with van der Waals surface area (Å²) in [5.41, 5.74) is -0.557. The van der Waals surface area contributed by atoms with Crippen molar-refractivity contribution >= 4 is 21.6 Å². The molecule has 1 N–H and O–H groups in total. The fourth-order valence-electron chi connectivity index (χ4n) is 2.06. The molecule has 1 heterocycles. The summed E-state index contributed by atoms with van der Waals surface area (Å²) in [4.78, 5) is 1.60. The Morgan fingerprint density at radius 2 is 2.16 bits per heavy atom. The molecule has 1 aliphatic rings. The third-order valence-electron chi connectivity index (χ3n) is 2.95. The standard InChI is InChI=1S/C12H13BrF3NO2/c13-8-1-2-11(10(5-8)12(14,15)16)17-3-4-19-9(6-17)7-18/h1-2,5,9,18H,3-4,6-7H2. The molecule has 3 nitrogen and oxygen atoms in total. The number of aliphatic hydroxyl groups is 1. The highest BCUT2D eigenvalue weighted by Gasteiger charge is 2.36. The Kier molecular flexibility index (Phi) is 4.37. The van der Waals surface area contributed by atoms with Gasteiger partial charge >= 0.3 is 6.18 Å². The minimum absolute atomic E-state index is 0.123. The van der Waals surface area contributed by atoms with E-state index in [0.717, 1.165) is 6.07 Å². The molecule has 0 aliphatic carbocycles. The van der Waals surface area contributed by atoms with Crippen molar-refractivity contribution in [1.29, 1.82) is 0 Å². The van der Waals surface area contributed by atoms with E-state index >= 15 is 0 Å². The zero-order chi connectivity index (χ0) is 14.0. The molecule has 1 saturated heterocycles. The molecular formula is C12H13BrF3NO2. The summed E-state index contributed by atoms with van der Waals surface area (Å²) >= 11 is 3.06. The SMILES string of the molecule is OCC1CN(c2ccc(Br)cc2C(F)(F)F)CCO1. The topological polar surface area (TPSA) is 32.7 Å². The van der Waals surface area contributed by atoms with Crippen molar-refractivity contribution in [3.05, 3.63) is 28.2 Å². The van der Waals surface area contributed by atoms with Gasteiger partial charge in [0.15, 0.2) is 0 Å². The molecule has 0 saturated carbocycles. The molecule has 1 aromatic carbocycles. The van der Waals surface area contributed by atoms with E-state index in [4.69, 9.17) is 9.84 Å². The fourth-order valence-corrected chi connectivity index (χ4v) is 2.42. The number of halogens is 4. The molecule has 0 amide bonds. The van der Waals surface area contributed by atoms with Crippen molar-refractivity contribution < 1.29 is 23.0 Å². The van der Waals surface area contributed by atoms with E-state index in [0.29, 0.717) is 17.6 Å². The Bertz CT molecular complexity index is 453. The van der Waals surface area contributed by atoms with E-state index in [-0.39, 0.29) is 18.8 Å². The smallest absolute Gasteiger partial charge is 0.394 e. The molecule has 19 heavy (non-hydrogen) atoms. The van der Waals surface area contributed by atoms with Gasteiger partial charge in [-0.3, -0.25) is 0 Å². The first-order valence-corrected chi connectivity index (χ1v) is 6.55. The van der Waals surface area contributed by atoms with E-state index in [9.17, 15) is 13.2 Å². The van der Waals surface area contributed by atoms with Crippen LogP contribution in [0.15, 0.2) is 22.7 Å². The lowest BCUT2D eigenvalue weighted by atomic mass is 10.1. The third-order valence-corrected chi connectivity index (χ3v) is 3.44. The third kappa shape index (κ3) is 3.40. The first kappa shape index (κ1) is 14.6. The molecule has 106 valence electrons. The molecule has 0 spiro atoms. The molecule has 2 rings (SSSR count). The van der Waals surface area contributed by atoms with Crippen molar-refractivity contribution in [3.63, 3.8) is 0 Å². The second kappa shape index (κ2) is 5.68. The lowest BCUT2D eigenvalue weighted by molar-refractivity contribution is -0.137. The van der Waals surface area contributed by atoms with Gasteiger partial charge in [0.1, 0.15) is 0 Å². The Balaban J connectivity index is 2.33. The van der Waals surface area contributed by atoms with E-state index in [1.165, 1.54) is 6.07 Å². The fraction of sp³-hybridized carbons (Fsp3) is 0.500. The van der Waals surface area contributed by atoms with Crippen LogP contribution in [0.4, 0.5) is 18.9 Å². The summed E-state index contributed by atoms with van der Waals surface area (Å²) in [7, 11) is 0. The van der Waals surface area contributed by atoms with Gasteiger partial charge in [0.25, 0.3) is 0 Å². The maximum atomic E-state index is 13.0. The highest BCUT2D eigenvalue weighted by Crippen LogP contribution is 2.38. The first-order valence-electron chi connectivity index (χ1n) is 5.76. The highest BCUT2D eigenvalue weighted by molar-refractivity contribution is 9.10. The van der Waals surface area contributed by atoms with Crippen LogP contribution in [-0.4, -0.2) is 37.5 Å². The number of rotatable bonds is 2. The molecule has 1 aliphatic heterocycles. The molecule has 1 atom stereocenters. The average molecular weight is 340 g/mol. The maximum Gasteiger partial charge on any atom is 0.418 e. The minimum atomic E-state index is -4.41. The van der Waals surface area contributed by atoms with Crippen molar-refractivity contribution in [1.82, 2.24) is 0 Å². The van der Waals surface area contributed by atoms with Crippen LogP contribution in [-0.2, 0) is 10.9 Å². The number of ether oxygens (including phenoxy) is 1. The minimum Gasteiger partial charge on any atom is -0.394 e. The van der Waals surface area contributed by atoms with Crippen LogP contribution >= 0.6 is 15.9 Å². The van der Waals surface area contributed by atoms with E-state index in [1.807, 2.05) is 0 Å². The zero-order valence-corrected chi connectivity index (χ0v) is 11.5. The Morgan fingerprint density at radius 1 is 1.42 bits per heavy atom. The van der Waals surface area contributed by atoms with Crippen LogP contribution in [0.1, 0.15) is 5.56 Å². The van der Waals surface area contributed by atoms with Gasteiger partial charge in [-0.25, -0.2) is 0 Å². The van der Waals surface area contributed by atoms with Gasteiger partial charge in [0, 0.05) is 23.2 Å². The number of hydrogen-bond donors (Lipinski definition) is 1. The molecular weight excluding hydrogens is 327 g/mol. The van der Waals surface area contributed by atoms with Crippen LogP contribution in [0.2, 0.25) is 0 Å². The number of morpholine rings is 1. The zero-order valence-electron chi connectivity index (χ0n) is 9.95. The van der Waals surface area contributed by atoms with Crippen LogP contribution in [0.3, 0.4) is 0 Å². The predicted octanol–water partition coefficient (Wildman–Crippen LogP) is 2.67. The quantitative estimate of drug-likeness (QED) is 0.899. The first-order chi connectivity index (χ1) is 8.91. The summed E-state index contributed by atoms with van der Waals surface area (Å²) in [5, 5.41) is 9.05. The number of hydrogen-bond acceptors (Lipinski definition) is 3. The predicted molar refractivity (Wildman–Crippen MR) is 68.2 cm³/mol. The van der Waals surface area contributed by atoms with Crippen LogP contribution < -0.4 is 4.90 Å². The molecule has 0 radical (unpaired) electrons. The Labute approximate surface area is 117 Å². The molecule has 1 aromatic rings. The van der Waals surface area contributed by atoms with Crippen LogP contribution in [0.25, 0.3) is 0 Å². The molecule has 0 aromatic heterocycles. The lowest BCUT2D eigenvalue weighted by Gasteiger charge is -2.35. The number of anilines is 1. The van der Waals surface area contributed by atoms with Crippen molar-refractivity contribution in [2.24, 2.45) is 0 Å². The van der Waals surface area contributed by atoms with Gasteiger partial charge in [-0.05, 0) is 18.2 Å². The summed E-state index contributed by atoms with van der Waals surface area (Å²) in [6.45, 7) is 0.732. The molecule has 1 unspecified atom stereocenters. The monoisotopic (exact) mass is 339 g/mol. The second-order valence-corrected chi connectivity index (χ2v) is 5.20.